The normalized spacial score (nSPS) is 14.4. The zero-order valence-electron chi connectivity index (χ0n) is 49.3. The fourth-order valence-corrected chi connectivity index (χ4v) is 10.5. The van der Waals surface area contributed by atoms with Gasteiger partial charge in [-0.3, -0.25) is 19.6 Å². The summed E-state index contributed by atoms with van der Waals surface area (Å²) in [5.74, 6) is 0.898. The number of aromatic hydroxyl groups is 2. The molecule has 71 heavy (non-hydrogen) atoms. The lowest BCUT2D eigenvalue weighted by atomic mass is 9.92. The molecule has 6 unspecified atom stereocenters. The van der Waals surface area contributed by atoms with E-state index in [1.165, 1.54) is 60.8 Å². The molecule has 0 spiro atoms. The van der Waals surface area contributed by atoms with E-state index in [0.29, 0.717) is 41.7 Å². The number of rotatable bonds is 32. The second kappa shape index (κ2) is 37.2. The van der Waals surface area contributed by atoms with E-state index in [4.69, 9.17) is 0 Å². The Labute approximate surface area is 445 Å². The molecule has 0 fully saturated rings. The lowest BCUT2D eigenvalue weighted by Gasteiger charge is -2.34. The average Bonchev–Trinajstić information content (AvgIpc) is 3.35. The predicted octanol–water partition coefficient (Wildman–Crippen LogP) is 16.3. The number of nitrogens with zero attached hydrogens (tertiary/aromatic N) is 6. The molecule has 408 valence electrons. The molecule has 6 atom stereocenters. The van der Waals surface area contributed by atoms with Gasteiger partial charge in [0, 0.05) is 52.3 Å². The van der Waals surface area contributed by atoms with Crippen molar-refractivity contribution in [3.8, 4) is 11.5 Å². The van der Waals surface area contributed by atoms with Gasteiger partial charge in [0.1, 0.15) is 11.5 Å². The van der Waals surface area contributed by atoms with Crippen LogP contribution in [0.4, 0.5) is 0 Å². The van der Waals surface area contributed by atoms with Gasteiger partial charge in [-0.25, -0.2) is 0 Å². The number of hydrogen-bond acceptors (Lipinski definition) is 9. The molecule has 0 aromatic heterocycles. The van der Waals surface area contributed by atoms with Crippen LogP contribution in [0.1, 0.15) is 244 Å². The zero-order chi connectivity index (χ0) is 53.6. The molecule has 0 amide bonds. The van der Waals surface area contributed by atoms with E-state index in [9.17, 15) is 10.2 Å². The maximum absolute atomic E-state index is 10.8. The Kier molecular flexibility index (Phi) is 34.7. The standard InChI is InChI=1S/C26H48N2O.C22H40N2O.C14H24N2S/c1-7-13-24(27(17-9-3)18-10-4)22-15-16-26(29)23(21-22)25(14-8-2)28(19-11-5)20-12-6;1-7-13-23(14-8-2)18(5)20-11-12-22(25)21(17-20)19(6)24(15-9-3)16-10-4;1-10(15(3)4)12-7-8-14(17)13(9-12)11(2)16(5)6/h15-16,21,24-25,29H,7-14,17-20H2,1-6H3;11-12,17-19,25H,7-10,13-16H2,1-6H3;7-11,17H,1-6H3. The van der Waals surface area contributed by atoms with Gasteiger partial charge in [0.15, 0.2) is 0 Å². The summed E-state index contributed by atoms with van der Waals surface area (Å²) in [5.41, 5.74) is 7.55. The molecule has 0 radical (unpaired) electrons. The van der Waals surface area contributed by atoms with E-state index in [1.807, 2.05) is 12.1 Å². The quantitative estimate of drug-likeness (QED) is 0.0535. The summed E-state index contributed by atoms with van der Waals surface area (Å²) in [6, 6.07) is 21.5. The second-order valence-electron chi connectivity index (χ2n) is 20.8. The van der Waals surface area contributed by atoms with Crippen molar-refractivity contribution >= 4 is 12.6 Å². The number of phenolic OH excluding ortho intramolecular Hbond substituents is 2. The van der Waals surface area contributed by atoms with Gasteiger partial charge in [-0.1, -0.05) is 106 Å². The highest BCUT2D eigenvalue weighted by Crippen LogP contribution is 2.38. The molecule has 2 N–H and O–H groups in total. The Morgan fingerprint density at radius 3 is 1.14 bits per heavy atom. The van der Waals surface area contributed by atoms with Gasteiger partial charge in [-0.2, -0.15) is 0 Å². The Morgan fingerprint density at radius 1 is 0.366 bits per heavy atom. The highest BCUT2D eigenvalue weighted by molar-refractivity contribution is 7.80. The molecule has 3 aromatic rings. The summed E-state index contributed by atoms with van der Waals surface area (Å²) in [6.45, 7) is 40.4. The van der Waals surface area contributed by atoms with Gasteiger partial charge < -0.3 is 20.0 Å². The largest absolute Gasteiger partial charge is 0.508 e. The van der Waals surface area contributed by atoms with E-state index in [0.717, 1.165) is 107 Å². The molecule has 3 aromatic carbocycles. The molecule has 9 heteroatoms. The van der Waals surface area contributed by atoms with Crippen LogP contribution in [0.3, 0.4) is 0 Å². The Hall–Kier alpha value is -2.63. The van der Waals surface area contributed by atoms with Crippen LogP contribution in [-0.2, 0) is 0 Å². The third-order valence-electron chi connectivity index (χ3n) is 14.5. The molecular formula is C62H112N6O2S. The summed E-state index contributed by atoms with van der Waals surface area (Å²) in [7, 11) is 8.41. The highest BCUT2D eigenvalue weighted by Gasteiger charge is 2.26. The first-order valence-corrected chi connectivity index (χ1v) is 29.1. The van der Waals surface area contributed by atoms with E-state index in [1.54, 1.807) is 0 Å². The molecule has 3 rings (SSSR count). The first-order valence-electron chi connectivity index (χ1n) is 28.7. The first-order chi connectivity index (χ1) is 33.9. The molecular weight excluding hydrogens is 893 g/mol. The van der Waals surface area contributed by atoms with Gasteiger partial charge in [-0.05, 0) is 225 Å². The SMILES string of the molecule is CC(c1ccc(S)c(C(C)N(C)C)c1)N(C)C.CCCC(c1ccc(O)c(C(CCC)N(CCC)CCC)c1)N(CCC)CCC.CCCN(CCC)C(C)c1ccc(O)c(C(C)N(CCC)CCC)c1. The van der Waals surface area contributed by atoms with Crippen LogP contribution in [0.5, 0.6) is 11.5 Å². The van der Waals surface area contributed by atoms with Crippen molar-refractivity contribution in [3.63, 3.8) is 0 Å². The molecule has 0 bridgehead atoms. The molecule has 0 saturated carbocycles. The maximum atomic E-state index is 10.8. The summed E-state index contributed by atoms with van der Waals surface area (Å²) in [6.07, 6.45) is 13.9. The van der Waals surface area contributed by atoms with Crippen molar-refractivity contribution in [1.82, 2.24) is 29.4 Å². The van der Waals surface area contributed by atoms with Crippen LogP contribution >= 0.6 is 12.6 Å². The fraction of sp³-hybridized carbons (Fsp3) is 0.710. The fourth-order valence-electron chi connectivity index (χ4n) is 10.2. The minimum Gasteiger partial charge on any atom is -0.508 e. The van der Waals surface area contributed by atoms with Crippen molar-refractivity contribution in [2.45, 2.75) is 215 Å². The van der Waals surface area contributed by atoms with Crippen molar-refractivity contribution in [2.75, 3.05) is 80.5 Å². The smallest absolute Gasteiger partial charge is 0.120 e. The van der Waals surface area contributed by atoms with Gasteiger partial charge in [-0.15, -0.1) is 12.6 Å². The van der Waals surface area contributed by atoms with Crippen LogP contribution < -0.4 is 0 Å². The summed E-state index contributed by atoms with van der Waals surface area (Å²) < 4.78 is 0. The molecule has 0 aliphatic carbocycles. The van der Waals surface area contributed by atoms with Crippen LogP contribution in [0.25, 0.3) is 0 Å². The topological polar surface area (TPSA) is 59.9 Å². The van der Waals surface area contributed by atoms with Crippen LogP contribution in [0.15, 0.2) is 59.5 Å². The van der Waals surface area contributed by atoms with Crippen LogP contribution in [0, 0.1) is 0 Å². The van der Waals surface area contributed by atoms with Crippen molar-refractivity contribution in [3.05, 3.63) is 88.0 Å². The van der Waals surface area contributed by atoms with Gasteiger partial charge in [0.25, 0.3) is 0 Å². The zero-order valence-corrected chi connectivity index (χ0v) is 50.2. The number of hydrogen-bond donors (Lipinski definition) is 3. The Balaban J connectivity index is 0.000000550. The second-order valence-corrected chi connectivity index (χ2v) is 21.3. The van der Waals surface area contributed by atoms with E-state index < -0.39 is 0 Å². The van der Waals surface area contributed by atoms with Gasteiger partial charge in [0.2, 0.25) is 0 Å². The summed E-state index contributed by atoms with van der Waals surface area (Å²) in [4.78, 5) is 15.8. The van der Waals surface area contributed by atoms with Crippen molar-refractivity contribution in [2.24, 2.45) is 0 Å². The highest BCUT2D eigenvalue weighted by atomic mass is 32.1. The monoisotopic (exact) mass is 1000 g/mol. The minimum absolute atomic E-state index is 0.248. The van der Waals surface area contributed by atoms with Crippen molar-refractivity contribution in [1.29, 1.82) is 0 Å². The Bertz CT molecular complexity index is 1800. The third kappa shape index (κ3) is 22.0. The summed E-state index contributed by atoms with van der Waals surface area (Å²) >= 11 is 4.56. The van der Waals surface area contributed by atoms with E-state index in [-0.39, 0.29) is 6.04 Å². The lowest BCUT2D eigenvalue weighted by molar-refractivity contribution is 0.179. The van der Waals surface area contributed by atoms with E-state index >= 15 is 0 Å². The Morgan fingerprint density at radius 2 is 0.704 bits per heavy atom. The average molecular weight is 1010 g/mol. The molecule has 0 aliphatic heterocycles. The van der Waals surface area contributed by atoms with Crippen LogP contribution in [0.2, 0.25) is 0 Å². The number of thiol groups is 1. The predicted molar refractivity (Wildman–Crippen MR) is 315 cm³/mol. The number of benzene rings is 3. The third-order valence-corrected chi connectivity index (χ3v) is 14.9. The molecule has 0 aliphatic rings. The lowest BCUT2D eigenvalue weighted by Crippen LogP contribution is -2.32. The molecule has 0 heterocycles. The van der Waals surface area contributed by atoms with Crippen LogP contribution in [-0.4, -0.2) is 120 Å². The van der Waals surface area contributed by atoms with Crippen molar-refractivity contribution < 1.29 is 10.2 Å². The van der Waals surface area contributed by atoms with E-state index in [2.05, 4.69) is 210 Å². The molecule has 8 nitrogen and oxygen atoms in total. The number of phenols is 2. The maximum Gasteiger partial charge on any atom is 0.120 e. The first kappa shape index (κ1) is 66.4. The van der Waals surface area contributed by atoms with Gasteiger partial charge >= 0.3 is 0 Å². The minimum atomic E-state index is 0.248. The summed E-state index contributed by atoms with van der Waals surface area (Å²) in [5, 5.41) is 21.3. The molecule has 0 saturated heterocycles. The van der Waals surface area contributed by atoms with Gasteiger partial charge in [0.05, 0.1) is 0 Å².